The summed E-state index contributed by atoms with van der Waals surface area (Å²) >= 11 is 3.99. The molecular weight excluding hydrogens is 460 g/mol. The Balaban J connectivity index is 5.14. The van der Waals surface area contributed by atoms with Crippen molar-refractivity contribution in [3.63, 3.8) is 0 Å². The fourth-order valence-electron chi connectivity index (χ4n) is 2.45. The minimum atomic E-state index is -1.69. The monoisotopic (exact) mass is 492 g/mol. The van der Waals surface area contributed by atoms with Crippen molar-refractivity contribution in [1.29, 1.82) is 0 Å². The molecule has 0 spiro atoms. The molecular formula is C17H32N8O7S. The van der Waals surface area contributed by atoms with E-state index in [1.807, 2.05) is 5.32 Å². The van der Waals surface area contributed by atoms with Crippen molar-refractivity contribution >= 4 is 48.2 Å². The van der Waals surface area contributed by atoms with Crippen LogP contribution in [0.15, 0.2) is 4.99 Å². The Kier molecular flexibility index (Phi) is 13.5. The number of aliphatic imine (C=N–C) groups is 1. The zero-order chi connectivity index (χ0) is 25.7. The summed E-state index contributed by atoms with van der Waals surface area (Å²) in [6, 6.07) is -5.48. The van der Waals surface area contributed by atoms with Crippen molar-refractivity contribution in [2.75, 3.05) is 12.3 Å². The van der Waals surface area contributed by atoms with Gasteiger partial charge in [0, 0.05) is 12.3 Å². The maximum Gasteiger partial charge on any atom is 0.328 e. The number of aliphatic hydroxyl groups excluding tert-OH is 1. The summed E-state index contributed by atoms with van der Waals surface area (Å²) in [7, 11) is 0. The molecule has 0 aliphatic carbocycles. The second-order valence-corrected chi connectivity index (χ2v) is 7.46. The molecule has 13 N–H and O–H groups in total. The molecule has 4 amide bonds. The van der Waals surface area contributed by atoms with Crippen LogP contribution in [0.5, 0.6) is 0 Å². The van der Waals surface area contributed by atoms with Crippen molar-refractivity contribution in [2.24, 2.45) is 27.9 Å². The average molecular weight is 493 g/mol. The van der Waals surface area contributed by atoms with E-state index < -0.39 is 66.3 Å². The zero-order valence-electron chi connectivity index (χ0n) is 18.1. The molecule has 188 valence electrons. The van der Waals surface area contributed by atoms with Gasteiger partial charge in [0.25, 0.3) is 0 Å². The largest absolute Gasteiger partial charge is 0.480 e. The number of carboxylic acid groups (broad SMARTS) is 1. The van der Waals surface area contributed by atoms with E-state index in [0.717, 1.165) is 6.92 Å². The molecule has 5 unspecified atom stereocenters. The summed E-state index contributed by atoms with van der Waals surface area (Å²) in [6.45, 7) is 1.39. The number of carboxylic acids is 1. The Morgan fingerprint density at radius 3 is 1.97 bits per heavy atom. The molecule has 0 saturated heterocycles. The lowest BCUT2D eigenvalue weighted by Gasteiger charge is -2.24. The van der Waals surface area contributed by atoms with E-state index in [-0.39, 0.29) is 24.7 Å². The number of hydrogen-bond acceptors (Lipinski definition) is 9. The zero-order valence-corrected chi connectivity index (χ0v) is 19.0. The summed E-state index contributed by atoms with van der Waals surface area (Å²) in [5.74, 6) is -5.42. The highest BCUT2D eigenvalue weighted by molar-refractivity contribution is 7.80. The minimum Gasteiger partial charge on any atom is -0.480 e. The van der Waals surface area contributed by atoms with Gasteiger partial charge in [-0.1, -0.05) is 0 Å². The molecule has 5 atom stereocenters. The SMILES string of the molecule is CC(O)C(NC(=O)C(CC(N)=O)NC(=O)C(CS)NC(=O)C(N)CCCN=C(N)N)C(=O)O. The number of carbonyl (C=O) groups is 5. The molecule has 0 saturated carbocycles. The van der Waals surface area contributed by atoms with Crippen LogP contribution in [0.4, 0.5) is 0 Å². The standard InChI is InChI=1S/C17H32N8O7S/c1-7(26)12(16(31)32)25-14(29)9(5-11(19)27)23-15(30)10(6-33)24-13(28)8(18)3-2-4-22-17(20)21/h7-10,12,26,33H,2-6,18H2,1H3,(H2,19,27)(H,23,30)(H,24,28)(H,25,29)(H,31,32)(H4,20,21,22). The van der Waals surface area contributed by atoms with Gasteiger partial charge >= 0.3 is 5.97 Å². The van der Waals surface area contributed by atoms with Crippen molar-refractivity contribution in [2.45, 2.75) is 56.5 Å². The van der Waals surface area contributed by atoms with Crippen LogP contribution in [0.1, 0.15) is 26.2 Å². The Bertz CT molecular complexity index is 745. The lowest BCUT2D eigenvalue weighted by molar-refractivity contribution is -0.145. The van der Waals surface area contributed by atoms with E-state index in [9.17, 15) is 29.1 Å². The third kappa shape index (κ3) is 11.9. The fourth-order valence-corrected chi connectivity index (χ4v) is 2.71. The highest BCUT2D eigenvalue weighted by Crippen LogP contribution is 2.01. The number of amides is 4. The Morgan fingerprint density at radius 2 is 1.52 bits per heavy atom. The second-order valence-electron chi connectivity index (χ2n) is 7.10. The van der Waals surface area contributed by atoms with Crippen LogP contribution in [0.2, 0.25) is 0 Å². The first-order valence-corrected chi connectivity index (χ1v) is 10.5. The molecule has 0 aromatic heterocycles. The Hall–Kier alpha value is -3.11. The number of thiol groups is 1. The highest BCUT2D eigenvalue weighted by atomic mass is 32.1. The van der Waals surface area contributed by atoms with Crippen LogP contribution in [0.25, 0.3) is 0 Å². The van der Waals surface area contributed by atoms with Crippen molar-refractivity contribution in [1.82, 2.24) is 16.0 Å². The van der Waals surface area contributed by atoms with Crippen LogP contribution in [-0.2, 0) is 24.0 Å². The first kappa shape index (κ1) is 29.9. The number of nitrogens with zero attached hydrogens (tertiary/aromatic N) is 1. The number of primary amides is 1. The van der Waals surface area contributed by atoms with Crippen LogP contribution in [0.3, 0.4) is 0 Å². The van der Waals surface area contributed by atoms with Gasteiger partial charge in [0.15, 0.2) is 12.0 Å². The van der Waals surface area contributed by atoms with Gasteiger partial charge in [0.05, 0.1) is 18.6 Å². The molecule has 15 nitrogen and oxygen atoms in total. The van der Waals surface area contributed by atoms with E-state index in [2.05, 4.69) is 28.3 Å². The van der Waals surface area contributed by atoms with Gasteiger partial charge in [0.2, 0.25) is 23.6 Å². The molecule has 0 aromatic rings. The van der Waals surface area contributed by atoms with Crippen LogP contribution in [0, 0.1) is 0 Å². The van der Waals surface area contributed by atoms with Gasteiger partial charge < -0.3 is 49.1 Å². The predicted molar refractivity (Wildman–Crippen MR) is 121 cm³/mol. The summed E-state index contributed by atoms with van der Waals surface area (Å²) in [6.07, 6.45) is -1.51. The number of hydrogen-bond donors (Lipinski definition) is 10. The Labute approximate surface area is 195 Å². The second kappa shape index (κ2) is 14.9. The van der Waals surface area contributed by atoms with E-state index in [0.29, 0.717) is 6.42 Å². The Morgan fingerprint density at radius 1 is 0.970 bits per heavy atom. The van der Waals surface area contributed by atoms with Crippen LogP contribution >= 0.6 is 12.6 Å². The van der Waals surface area contributed by atoms with Crippen molar-refractivity contribution < 1.29 is 34.2 Å². The fraction of sp³-hybridized carbons (Fsp3) is 0.647. The predicted octanol–water partition coefficient (Wildman–Crippen LogP) is -4.91. The highest BCUT2D eigenvalue weighted by Gasteiger charge is 2.32. The number of rotatable bonds is 15. The van der Waals surface area contributed by atoms with Gasteiger partial charge in [-0.2, -0.15) is 12.6 Å². The molecule has 0 fully saturated rings. The van der Waals surface area contributed by atoms with Gasteiger partial charge in [0.1, 0.15) is 12.1 Å². The normalized spacial score (nSPS) is 15.2. The molecule has 33 heavy (non-hydrogen) atoms. The molecule has 0 aromatic carbocycles. The quantitative estimate of drug-likeness (QED) is 0.0450. The van der Waals surface area contributed by atoms with Gasteiger partial charge in [-0.15, -0.1) is 0 Å². The number of guanidine groups is 1. The van der Waals surface area contributed by atoms with E-state index in [4.69, 9.17) is 28.0 Å². The number of aliphatic hydroxyl groups is 1. The number of nitrogens with one attached hydrogen (secondary N) is 3. The van der Waals surface area contributed by atoms with Crippen molar-refractivity contribution in [3.05, 3.63) is 0 Å². The van der Waals surface area contributed by atoms with Crippen LogP contribution < -0.4 is 38.9 Å². The summed E-state index contributed by atoms with van der Waals surface area (Å²) in [5.41, 5.74) is 21.3. The lowest BCUT2D eigenvalue weighted by atomic mass is 10.1. The summed E-state index contributed by atoms with van der Waals surface area (Å²) in [5, 5.41) is 25.2. The average Bonchev–Trinajstić information content (AvgIpc) is 2.70. The van der Waals surface area contributed by atoms with Gasteiger partial charge in [-0.05, 0) is 19.8 Å². The van der Waals surface area contributed by atoms with E-state index in [1.165, 1.54) is 0 Å². The topological polar surface area (TPSA) is 278 Å². The third-order valence-electron chi connectivity index (χ3n) is 4.20. The van der Waals surface area contributed by atoms with Gasteiger partial charge in [-0.3, -0.25) is 24.2 Å². The van der Waals surface area contributed by atoms with Crippen molar-refractivity contribution in [3.8, 4) is 0 Å². The minimum absolute atomic E-state index is 0.0995. The van der Waals surface area contributed by atoms with E-state index in [1.54, 1.807) is 0 Å². The number of nitrogens with two attached hydrogens (primary N) is 4. The first-order chi connectivity index (χ1) is 15.3. The third-order valence-corrected chi connectivity index (χ3v) is 4.57. The smallest absolute Gasteiger partial charge is 0.328 e. The molecule has 0 bridgehead atoms. The molecule has 16 heteroatoms. The molecule has 0 aliphatic heterocycles. The lowest BCUT2D eigenvalue weighted by Crippen LogP contribution is -2.59. The summed E-state index contributed by atoms with van der Waals surface area (Å²) < 4.78 is 0. The first-order valence-electron chi connectivity index (χ1n) is 9.82. The maximum atomic E-state index is 12.6. The molecule has 0 rings (SSSR count). The van der Waals surface area contributed by atoms with E-state index >= 15 is 0 Å². The van der Waals surface area contributed by atoms with Gasteiger partial charge in [-0.25, -0.2) is 4.79 Å². The molecule has 0 radical (unpaired) electrons. The molecule has 0 heterocycles. The number of aliphatic carboxylic acids is 1. The number of carbonyl (C=O) groups excluding carboxylic acids is 4. The summed E-state index contributed by atoms with van der Waals surface area (Å²) in [4.78, 5) is 63.5. The molecule has 0 aliphatic rings. The van der Waals surface area contributed by atoms with Crippen LogP contribution in [-0.4, -0.2) is 88.3 Å². The maximum absolute atomic E-state index is 12.6.